The van der Waals surface area contributed by atoms with Gasteiger partial charge in [0.25, 0.3) is 0 Å². The second-order valence-corrected chi connectivity index (χ2v) is 5.00. The molecule has 2 nitrogen and oxygen atoms in total. The van der Waals surface area contributed by atoms with Gasteiger partial charge in [0, 0.05) is 10.0 Å². The first kappa shape index (κ1) is 12.8. The summed E-state index contributed by atoms with van der Waals surface area (Å²) in [4.78, 5) is 10.7. The smallest absolute Gasteiger partial charge is 0.150 e. The third kappa shape index (κ3) is 2.79. The van der Waals surface area contributed by atoms with Gasteiger partial charge in [-0.2, -0.15) is 0 Å². The second kappa shape index (κ2) is 5.36. The van der Waals surface area contributed by atoms with E-state index in [4.69, 9.17) is 4.74 Å². The highest BCUT2D eigenvalue weighted by atomic mass is 79.9. The van der Waals surface area contributed by atoms with Crippen LogP contribution in [0, 0.1) is 13.8 Å². The Balaban J connectivity index is 2.25. The van der Waals surface area contributed by atoms with Crippen LogP contribution in [0.15, 0.2) is 40.9 Å². The molecule has 0 N–H and O–H groups in total. The first-order valence-corrected chi connectivity index (χ1v) is 6.39. The number of ether oxygens (including phenoxy) is 1. The van der Waals surface area contributed by atoms with Crippen LogP contribution in [0.3, 0.4) is 0 Å². The number of carbonyl (C=O) groups excluding carboxylic acids is 1. The molecule has 0 saturated heterocycles. The van der Waals surface area contributed by atoms with E-state index in [-0.39, 0.29) is 0 Å². The van der Waals surface area contributed by atoms with E-state index in [2.05, 4.69) is 15.9 Å². The predicted octanol–water partition coefficient (Wildman–Crippen LogP) is 4.67. The van der Waals surface area contributed by atoms with Crippen LogP contribution >= 0.6 is 15.9 Å². The zero-order valence-corrected chi connectivity index (χ0v) is 11.8. The van der Waals surface area contributed by atoms with Crippen molar-refractivity contribution in [2.45, 2.75) is 13.8 Å². The van der Waals surface area contributed by atoms with E-state index in [1.54, 1.807) is 12.1 Å². The number of rotatable bonds is 3. The minimum atomic E-state index is 0.689. The highest BCUT2D eigenvalue weighted by Crippen LogP contribution is 2.27. The SMILES string of the molecule is Cc1cc(Oc2ccc(C=O)c(C)c2)ccc1Br. The Morgan fingerprint density at radius 3 is 2.17 bits per heavy atom. The van der Waals surface area contributed by atoms with E-state index >= 15 is 0 Å². The Hall–Kier alpha value is -1.61. The fourth-order valence-corrected chi connectivity index (χ4v) is 1.91. The lowest BCUT2D eigenvalue weighted by Crippen LogP contribution is -1.90. The Bertz CT molecular complexity index is 591. The molecule has 0 radical (unpaired) electrons. The standard InChI is InChI=1S/C15H13BrO2/c1-10-7-13(4-3-12(10)9-17)18-14-5-6-15(16)11(2)8-14/h3-9H,1-2H3. The Morgan fingerprint density at radius 2 is 1.61 bits per heavy atom. The average Bonchev–Trinajstić information content (AvgIpc) is 2.34. The van der Waals surface area contributed by atoms with Crippen LogP contribution in [0.1, 0.15) is 21.5 Å². The summed E-state index contributed by atoms with van der Waals surface area (Å²) in [5, 5.41) is 0. The number of benzene rings is 2. The number of aryl methyl sites for hydroxylation is 2. The topological polar surface area (TPSA) is 26.3 Å². The molecule has 0 unspecified atom stereocenters. The zero-order valence-electron chi connectivity index (χ0n) is 10.2. The molecule has 0 bridgehead atoms. The molecule has 0 heterocycles. The van der Waals surface area contributed by atoms with Crippen molar-refractivity contribution in [1.82, 2.24) is 0 Å². The van der Waals surface area contributed by atoms with Gasteiger partial charge in [-0.05, 0) is 61.4 Å². The molecule has 0 saturated carbocycles. The number of hydrogen-bond acceptors (Lipinski definition) is 2. The van der Waals surface area contributed by atoms with Crippen molar-refractivity contribution >= 4 is 22.2 Å². The summed E-state index contributed by atoms with van der Waals surface area (Å²) in [7, 11) is 0. The van der Waals surface area contributed by atoms with Gasteiger partial charge in [0.15, 0.2) is 0 Å². The van der Waals surface area contributed by atoms with Crippen LogP contribution in [0.4, 0.5) is 0 Å². The third-order valence-electron chi connectivity index (χ3n) is 2.73. The number of carbonyl (C=O) groups is 1. The lowest BCUT2D eigenvalue weighted by Gasteiger charge is -2.08. The Morgan fingerprint density at radius 1 is 1.00 bits per heavy atom. The van der Waals surface area contributed by atoms with Crippen molar-refractivity contribution in [2.24, 2.45) is 0 Å². The molecule has 0 aromatic heterocycles. The van der Waals surface area contributed by atoms with Gasteiger partial charge in [-0.15, -0.1) is 0 Å². The summed E-state index contributed by atoms with van der Waals surface area (Å²) in [6, 6.07) is 11.3. The van der Waals surface area contributed by atoms with E-state index in [9.17, 15) is 4.79 Å². The first-order valence-electron chi connectivity index (χ1n) is 5.60. The molecule has 2 aromatic carbocycles. The van der Waals surface area contributed by atoms with E-state index in [0.29, 0.717) is 5.56 Å². The Labute approximate surface area is 115 Å². The van der Waals surface area contributed by atoms with Crippen LogP contribution < -0.4 is 4.74 Å². The van der Waals surface area contributed by atoms with Crippen LogP contribution in [0.5, 0.6) is 11.5 Å². The van der Waals surface area contributed by atoms with E-state index < -0.39 is 0 Å². The summed E-state index contributed by atoms with van der Waals surface area (Å²) in [6.45, 7) is 3.90. The molecular weight excluding hydrogens is 292 g/mol. The zero-order chi connectivity index (χ0) is 13.1. The van der Waals surface area contributed by atoms with Crippen molar-refractivity contribution in [1.29, 1.82) is 0 Å². The largest absolute Gasteiger partial charge is 0.457 e. The second-order valence-electron chi connectivity index (χ2n) is 4.15. The van der Waals surface area contributed by atoms with Gasteiger partial charge >= 0.3 is 0 Å². The molecule has 2 aromatic rings. The normalized spacial score (nSPS) is 10.2. The van der Waals surface area contributed by atoms with Gasteiger partial charge < -0.3 is 4.74 Å². The highest BCUT2D eigenvalue weighted by Gasteiger charge is 2.03. The van der Waals surface area contributed by atoms with Crippen molar-refractivity contribution in [3.63, 3.8) is 0 Å². The quantitative estimate of drug-likeness (QED) is 0.770. The molecule has 0 aliphatic heterocycles. The molecule has 0 aliphatic rings. The van der Waals surface area contributed by atoms with E-state index in [1.807, 2.05) is 38.1 Å². The summed E-state index contributed by atoms with van der Waals surface area (Å²) < 4.78 is 6.82. The third-order valence-corrected chi connectivity index (χ3v) is 3.62. The van der Waals surface area contributed by atoms with Crippen molar-refractivity contribution in [3.8, 4) is 11.5 Å². The molecular formula is C15H13BrO2. The van der Waals surface area contributed by atoms with Crippen molar-refractivity contribution in [2.75, 3.05) is 0 Å². The molecule has 2 rings (SSSR count). The van der Waals surface area contributed by atoms with Gasteiger partial charge in [-0.25, -0.2) is 0 Å². The fraction of sp³-hybridized carbons (Fsp3) is 0.133. The predicted molar refractivity (Wildman–Crippen MR) is 75.5 cm³/mol. The maximum absolute atomic E-state index is 10.7. The molecule has 0 amide bonds. The van der Waals surface area contributed by atoms with Crippen LogP contribution in [-0.4, -0.2) is 6.29 Å². The Kier molecular flexibility index (Phi) is 3.82. The molecule has 0 spiro atoms. The molecule has 92 valence electrons. The van der Waals surface area contributed by atoms with Gasteiger partial charge in [-0.1, -0.05) is 15.9 Å². The number of aldehydes is 1. The number of halogens is 1. The summed E-state index contributed by atoms with van der Waals surface area (Å²) in [5.41, 5.74) is 2.72. The molecule has 3 heteroatoms. The maximum Gasteiger partial charge on any atom is 0.150 e. The summed E-state index contributed by atoms with van der Waals surface area (Å²) >= 11 is 3.45. The van der Waals surface area contributed by atoms with Crippen LogP contribution in [0.2, 0.25) is 0 Å². The lowest BCUT2D eigenvalue weighted by molar-refractivity contribution is 0.112. The van der Waals surface area contributed by atoms with E-state index in [0.717, 1.165) is 33.4 Å². The molecule has 0 fully saturated rings. The summed E-state index contributed by atoms with van der Waals surface area (Å²) in [6.07, 6.45) is 0.850. The minimum absolute atomic E-state index is 0.689. The lowest BCUT2D eigenvalue weighted by atomic mass is 10.1. The van der Waals surface area contributed by atoms with Gasteiger partial charge in [-0.3, -0.25) is 4.79 Å². The van der Waals surface area contributed by atoms with Crippen LogP contribution in [0.25, 0.3) is 0 Å². The van der Waals surface area contributed by atoms with Crippen LogP contribution in [-0.2, 0) is 0 Å². The molecule has 18 heavy (non-hydrogen) atoms. The van der Waals surface area contributed by atoms with Gasteiger partial charge in [0.1, 0.15) is 17.8 Å². The average molecular weight is 305 g/mol. The first-order chi connectivity index (χ1) is 8.60. The van der Waals surface area contributed by atoms with Gasteiger partial charge in [0.05, 0.1) is 0 Å². The molecule has 0 atom stereocenters. The maximum atomic E-state index is 10.7. The van der Waals surface area contributed by atoms with E-state index in [1.165, 1.54) is 0 Å². The fourth-order valence-electron chi connectivity index (χ4n) is 1.66. The van der Waals surface area contributed by atoms with Crippen molar-refractivity contribution < 1.29 is 9.53 Å². The molecule has 0 aliphatic carbocycles. The summed E-state index contributed by atoms with van der Waals surface area (Å²) in [5.74, 6) is 1.52. The number of hydrogen-bond donors (Lipinski definition) is 0. The monoisotopic (exact) mass is 304 g/mol. The van der Waals surface area contributed by atoms with Gasteiger partial charge in [0.2, 0.25) is 0 Å². The minimum Gasteiger partial charge on any atom is -0.457 e. The van der Waals surface area contributed by atoms with Crippen molar-refractivity contribution in [3.05, 3.63) is 57.6 Å². The highest BCUT2D eigenvalue weighted by molar-refractivity contribution is 9.10.